The van der Waals surface area contributed by atoms with Crippen LogP contribution in [0.4, 0.5) is 18.9 Å². The van der Waals surface area contributed by atoms with Crippen LogP contribution < -0.4 is 10.1 Å². The van der Waals surface area contributed by atoms with Crippen molar-refractivity contribution in [2.45, 2.75) is 11.5 Å². The van der Waals surface area contributed by atoms with Gasteiger partial charge >= 0.3 is 6.61 Å². The largest absolute Gasteiger partial charge is 0.433 e. The molecule has 0 radical (unpaired) electrons. The van der Waals surface area contributed by atoms with Gasteiger partial charge in [0.1, 0.15) is 11.6 Å². The molecule has 0 aromatic heterocycles. The van der Waals surface area contributed by atoms with Crippen LogP contribution in [0.25, 0.3) is 0 Å². The van der Waals surface area contributed by atoms with Gasteiger partial charge in [-0.05, 0) is 42.5 Å². The maximum Gasteiger partial charge on any atom is 0.387 e. The average Bonchev–Trinajstić information content (AvgIpc) is 2.71. The molecule has 1 amide bonds. The van der Waals surface area contributed by atoms with Crippen molar-refractivity contribution in [3.8, 4) is 5.75 Å². The Hall–Kier alpha value is -2.34. The second kappa shape index (κ2) is 9.86. The van der Waals surface area contributed by atoms with Gasteiger partial charge in [0, 0.05) is 31.9 Å². The van der Waals surface area contributed by atoms with Crippen molar-refractivity contribution in [1.29, 1.82) is 0 Å². The summed E-state index contributed by atoms with van der Waals surface area (Å²) < 4.78 is 68.7. The Morgan fingerprint density at radius 3 is 2.32 bits per heavy atom. The van der Waals surface area contributed by atoms with Crippen molar-refractivity contribution in [2.75, 3.05) is 38.0 Å². The molecule has 0 spiro atoms. The van der Waals surface area contributed by atoms with Crippen LogP contribution in [-0.4, -0.2) is 62.9 Å². The number of hydrogen-bond donors (Lipinski definition) is 1. The molecule has 7 nitrogen and oxygen atoms in total. The van der Waals surface area contributed by atoms with E-state index in [9.17, 15) is 26.4 Å². The van der Waals surface area contributed by atoms with E-state index in [2.05, 4.69) is 10.1 Å². The summed E-state index contributed by atoms with van der Waals surface area (Å²) in [7, 11) is -3.89. The Labute approximate surface area is 182 Å². The molecule has 0 bridgehead atoms. The number of rotatable bonds is 7. The van der Waals surface area contributed by atoms with Crippen molar-refractivity contribution < 1.29 is 31.1 Å². The monoisotopic (exact) mass is 477 g/mol. The minimum absolute atomic E-state index is 0.0523. The van der Waals surface area contributed by atoms with Crippen LogP contribution in [0.15, 0.2) is 47.4 Å². The van der Waals surface area contributed by atoms with Crippen LogP contribution >= 0.6 is 11.6 Å². The van der Waals surface area contributed by atoms with Gasteiger partial charge in [0.05, 0.1) is 16.5 Å². The molecule has 1 aliphatic rings. The first kappa shape index (κ1) is 23.3. The van der Waals surface area contributed by atoms with Crippen molar-refractivity contribution in [3.05, 3.63) is 53.3 Å². The van der Waals surface area contributed by atoms with Crippen LogP contribution in [0.1, 0.15) is 0 Å². The molecular weight excluding hydrogens is 459 g/mol. The maximum atomic E-state index is 12.9. The van der Waals surface area contributed by atoms with Gasteiger partial charge in [-0.15, -0.1) is 0 Å². The fourth-order valence-electron chi connectivity index (χ4n) is 3.05. The fraction of sp³-hybridized carbons (Fsp3) is 0.316. The number of nitrogens with zero attached hydrogens (tertiary/aromatic N) is 2. The van der Waals surface area contributed by atoms with E-state index in [1.54, 1.807) is 4.90 Å². The average molecular weight is 478 g/mol. The standard InChI is InChI=1S/C19H19ClF3N3O4S/c20-16-11-15(5-6-17(16)30-19(22)23)31(28,29)26-9-7-25(8-10-26)12-18(27)24-14-3-1-13(21)2-4-14/h1-6,11,19H,7-10,12H2,(H,24,27). The highest BCUT2D eigenvalue weighted by Gasteiger charge is 2.29. The normalized spacial score (nSPS) is 15.8. The second-order valence-corrected chi connectivity index (χ2v) is 9.05. The predicted molar refractivity (Wildman–Crippen MR) is 108 cm³/mol. The Kier molecular flexibility index (Phi) is 7.42. The lowest BCUT2D eigenvalue weighted by Crippen LogP contribution is -2.50. The molecule has 2 aromatic rings. The van der Waals surface area contributed by atoms with Crippen molar-refractivity contribution in [3.63, 3.8) is 0 Å². The summed E-state index contributed by atoms with van der Waals surface area (Å²) in [5.74, 6) is -1.02. The molecule has 1 aliphatic heterocycles. The number of anilines is 1. The Morgan fingerprint density at radius 2 is 1.74 bits per heavy atom. The maximum absolute atomic E-state index is 12.9. The number of piperazine rings is 1. The number of sulfonamides is 1. The second-order valence-electron chi connectivity index (χ2n) is 6.71. The van der Waals surface area contributed by atoms with E-state index < -0.39 is 22.5 Å². The molecule has 1 heterocycles. The zero-order valence-electron chi connectivity index (χ0n) is 16.1. The van der Waals surface area contributed by atoms with E-state index in [1.165, 1.54) is 28.6 Å². The zero-order chi connectivity index (χ0) is 22.6. The molecule has 168 valence electrons. The summed E-state index contributed by atoms with van der Waals surface area (Å²) in [5, 5.41) is 2.41. The molecule has 3 rings (SSSR count). The number of ether oxygens (including phenoxy) is 1. The lowest BCUT2D eigenvalue weighted by molar-refractivity contribution is -0.117. The minimum Gasteiger partial charge on any atom is -0.433 e. The van der Waals surface area contributed by atoms with Crippen LogP contribution in [0.2, 0.25) is 5.02 Å². The molecule has 0 aliphatic carbocycles. The summed E-state index contributed by atoms with van der Waals surface area (Å²) in [4.78, 5) is 13.8. The van der Waals surface area contributed by atoms with Gasteiger partial charge in [-0.1, -0.05) is 11.6 Å². The number of amides is 1. The summed E-state index contributed by atoms with van der Waals surface area (Å²) in [5.41, 5.74) is 0.462. The smallest absolute Gasteiger partial charge is 0.387 e. The third kappa shape index (κ3) is 6.10. The van der Waals surface area contributed by atoms with Gasteiger partial charge < -0.3 is 10.1 Å². The highest BCUT2D eigenvalue weighted by Crippen LogP contribution is 2.30. The van der Waals surface area contributed by atoms with Crippen molar-refractivity contribution in [2.24, 2.45) is 0 Å². The molecule has 0 saturated carbocycles. The summed E-state index contributed by atoms with van der Waals surface area (Å²) in [6, 6.07) is 8.66. The highest BCUT2D eigenvalue weighted by molar-refractivity contribution is 7.89. The summed E-state index contributed by atoms with van der Waals surface area (Å²) >= 11 is 5.86. The lowest BCUT2D eigenvalue weighted by Gasteiger charge is -2.33. The molecule has 2 aromatic carbocycles. The first-order valence-corrected chi connectivity index (χ1v) is 11.0. The predicted octanol–water partition coefficient (Wildman–Crippen LogP) is 3.03. The third-order valence-electron chi connectivity index (χ3n) is 4.58. The summed E-state index contributed by atoms with van der Waals surface area (Å²) in [6.07, 6.45) is 0. The topological polar surface area (TPSA) is 79.0 Å². The van der Waals surface area contributed by atoms with Crippen LogP contribution in [0.5, 0.6) is 5.75 Å². The summed E-state index contributed by atoms with van der Waals surface area (Å²) in [6.45, 7) is -2.12. The van der Waals surface area contributed by atoms with E-state index >= 15 is 0 Å². The van der Waals surface area contributed by atoms with Gasteiger partial charge in [-0.3, -0.25) is 9.69 Å². The molecule has 1 fully saturated rings. The van der Waals surface area contributed by atoms with Crippen molar-refractivity contribution in [1.82, 2.24) is 9.21 Å². The molecule has 1 saturated heterocycles. The fourth-order valence-corrected chi connectivity index (χ4v) is 4.79. The minimum atomic E-state index is -3.89. The highest BCUT2D eigenvalue weighted by atomic mass is 35.5. The molecule has 0 atom stereocenters. The van der Waals surface area contributed by atoms with Crippen molar-refractivity contribution >= 4 is 33.2 Å². The number of alkyl halides is 2. The molecule has 31 heavy (non-hydrogen) atoms. The number of halogens is 4. The number of carbonyl (C=O) groups excluding carboxylic acids is 1. The lowest BCUT2D eigenvalue weighted by atomic mass is 10.3. The van der Waals surface area contributed by atoms with Gasteiger partial charge in [-0.25, -0.2) is 12.8 Å². The Morgan fingerprint density at radius 1 is 1.10 bits per heavy atom. The van der Waals surface area contributed by atoms with E-state index in [1.807, 2.05) is 0 Å². The number of benzene rings is 2. The zero-order valence-corrected chi connectivity index (χ0v) is 17.7. The van der Waals surface area contributed by atoms with E-state index in [4.69, 9.17) is 11.6 Å². The van der Waals surface area contributed by atoms with Gasteiger partial charge in [-0.2, -0.15) is 13.1 Å². The number of hydrogen-bond acceptors (Lipinski definition) is 5. The van der Waals surface area contributed by atoms with E-state index in [-0.39, 0.29) is 41.2 Å². The number of carbonyl (C=O) groups is 1. The Bertz CT molecular complexity index is 1030. The molecular formula is C19H19ClF3N3O4S. The SMILES string of the molecule is O=C(CN1CCN(S(=O)(=O)c2ccc(OC(F)F)c(Cl)c2)CC1)Nc1ccc(F)cc1. The van der Waals surface area contributed by atoms with Gasteiger partial charge in [0.15, 0.2) is 0 Å². The molecule has 1 N–H and O–H groups in total. The number of nitrogens with one attached hydrogen (secondary N) is 1. The van der Waals surface area contributed by atoms with Crippen LogP contribution in [0, 0.1) is 5.82 Å². The van der Waals surface area contributed by atoms with Crippen LogP contribution in [0.3, 0.4) is 0 Å². The van der Waals surface area contributed by atoms with E-state index in [0.717, 1.165) is 18.2 Å². The first-order chi connectivity index (χ1) is 14.6. The molecule has 12 heteroatoms. The first-order valence-electron chi connectivity index (χ1n) is 9.17. The van der Waals surface area contributed by atoms with Gasteiger partial charge in [0.2, 0.25) is 15.9 Å². The third-order valence-corrected chi connectivity index (χ3v) is 6.77. The molecule has 0 unspecified atom stereocenters. The quantitative estimate of drug-likeness (QED) is 0.663. The Balaban J connectivity index is 1.56. The van der Waals surface area contributed by atoms with Gasteiger partial charge in [0.25, 0.3) is 0 Å². The van der Waals surface area contributed by atoms with Crippen LogP contribution in [-0.2, 0) is 14.8 Å². The van der Waals surface area contributed by atoms with E-state index in [0.29, 0.717) is 18.8 Å².